The summed E-state index contributed by atoms with van der Waals surface area (Å²) in [6, 6.07) is 4.10. The summed E-state index contributed by atoms with van der Waals surface area (Å²) in [5.74, 6) is 1.59. The fourth-order valence-corrected chi connectivity index (χ4v) is 3.52. The summed E-state index contributed by atoms with van der Waals surface area (Å²) >= 11 is 13.7. The van der Waals surface area contributed by atoms with Crippen molar-refractivity contribution < 1.29 is 0 Å². The van der Waals surface area contributed by atoms with E-state index in [-0.39, 0.29) is 5.41 Å². The van der Waals surface area contributed by atoms with Crippen LogP contribution < -0.4 is 0 Å². The molecule has 14 heavy (non-hydrogen) atoms. The van der Waals surface area contributed by atoms with Crippen molar-refractivity contribution in [3.8, 4) is 0 Å². The molecule has 0 aromatic carbocycles. The molecule has 0 nitrogen and oxygen atoms in total. The third-order valence-corrected chi connectivity index (χ3v) is 4.92. The van der Waals surface area contributed by atoms with Gasteiger partial charge < -0.3 is 0 Å². The molecule has 0 bridgehead atoms. The second-order valence-corrected chi connectivity index (χ2v) is 6.51. The van der Waals surface area contributed by atoms with E-state index < -0.39 is 0 Å². The Morgan fingerprint density at radius 2 is 2.21 bits per heavy atom. The summed E-state index contributed by atoms with van der Waals surface area (Å²) in [6.45, 7) is 2.30. The lowest BCUT2D eigenvalue weighted by Crippen LogP contribution is -2.23. The Labute approximate surface area is 99.2 Å². The van der Waals surface area contributed by atoms with Gasteiger partial charge in [0.25, 0.3) is 0 Å². The lowest BCUT2D eigenvalue weighted by atomic mass is 9.83. The van der Waals surface area contributed by atoms with Crippen molar-refractivity contribution in [2.45, 2.75) is 26.2 Å². The second kappa shape index (κ2) is 4.03. The molecular weight excluding hydrogens is 235 g/mol. The van der Waals surface area contributed by atoms with E-state index in [1.165, 1.54) is 17.7 Å². The fourth-order valence-electron chi connectivity index (χ4n) is 1.93. The van der Waals surface area contributed by atoms with Crippen molar-refractivity contribution in [2.75, 3.05) is 5.88 Å². The van der Waals surface area contributed by atoms with E-state index in [1.54, 1.807) is 11.3 Å². The van der Waals surface area contributed by atoms with E-state index in [0.717, 1.165) is 22.6 Å². The zero-order chi connectivity index (χ0) is 10.2. The molecule has 1 aliphatic rings. The van der Waals surface area contributed by atoms with Gasteiger partial charge in [-0.05, 0) is 42.7 Å². The number of hydrogen-bond donors (Lipinski definition) is 0. The molecule has 1 aromatic heterocycles. The summed E-state index contributed by atoms with van der Waals surface area (Å²) in [5, 5.41) is 0. The first-order valence-electron chi connectivity index (χ1n) is 4.94. The molecule has 1 heterocycles. The first-order chi connectivity index (χ1) is 6.64. The zero-order valence-electron chi connectivity index (χ0n) is 8.22. The topological polar surface area (TPSA) is 0 Å². The highest BCUT2D eigenvalue weighted by Crippen LogP contribution is 2.48. The summed E-state index contributed by atoms with van der Waals surface area (Å²) in [7, 11) is 0. The molecule has 0 spiro atoms. The van der Waals surface area contributed by atoms with Crippen LogP contribution in [0.3, 0.4) is 0 Å². The van der Waals surface area contributed by atoms with Crippen LogP contribution in [-0.4, -0.2) is 5.88 Å². The van der Waals surface area contributed by atoms with E-state index in [1.807, 2.05) is 6.07 Å². The van der Waals surface area contributed by atoms with Gasteiger partial charge in [0, 0.05) is 10.8 Å². The van der Waals surface area contributed by atoms with Crippen molar-refractivity contribution in [3.05, 3.63) is 21.3 Å². The molecule has 0 N–H and O–H groups in total. The molecule has 0 radical (unpaired) electrons. The largest absolute Gasteiger partial charge is 0.128 e. The molecule has 2 rings (SSSR count). The lowest BCUT2D eigenvalue weighted by Gasteiger charge is -2.26. The number of alkyl halides is 1. The summed E-state index contributed by atoms with van der Waals surface area (Å²) in [5.41, 5.74) is 0.287. The van der Waals surface area contributed by atoms with Gasteiger partial charge in [-0.3, -0.25) is 0 Å². The Balaban J connectivity index is 2.07. The van der Waals surface area contributed by atoms with Crippen molar-refractivity contribution in [1.29, 1.82) is 0 Å². The zero-order valence-corrected chi connectivity index (χ0v) is 10.6. The van der Waals surface area contributed by atoms with Crippen LogP contribution in [0.2, 0.25) is 4.34 Å². The van der Waals surface area contributed by atoms with E-state index in [4.69, 9.17) is 23.2 Å². The SMILES string of the molecule is CC(CCl)(Cc1ccc(Cl)s1)C1CC1. The molecule has 78 valence electrons. The number of hydrogen-bond acceptors (Lipinski definition) is 1. The Bertz CT molecular complexity index is 317. The maximum absolute atomic E-state index is 6.07. The Hall–Kier alpha value is 0.280. The maximum Gasteiger partial charge on any atom is 0.0931 e. The second-order valence-electron chi connectivity index (χ2n) is 4.44. The van der Waals surface area contributed by atoms with E-state index in [2.05, 4.69) is 13.0 Å². The van der Waals surface area contributed by atoms with E-state index in [0.29, 0.717) is 0 Å². The van der Waals surface area contributed by atoms with Gasteiger partial charge in [-0.1, -0.05) is 18.5 Å². The first kappa shape index (κ1) is 10.8. The maximum atomic E-state index is 6.07. The lowest BCUT2D eigenvalue weighted by molar-refractivity contribution is 0.316. The van der Waals surface area contributed by atoms with Gasteiger partial charge in [0.2, 0.25) is 0 Å². The van der Waals surface area contributed by atoms with Gasteiger partial charge in [-0.15, -0.1) is 22.9 Å². The molecule has 0 aliphatic heterocycles. The fraction of sp³-hybridized carbons (Fsp3) is 0.636. The van der Waals surface area contributed by atoms with Crippen molar-refractivity contribution >= 4 is 34.5 Å². The standard InChI is InChI=1S/C11H14Cl2S/c1-11(7-12,8-2-3-8)6-9-4-5-10(13)14-9/h4-5,8H,2-3,6-7H2,1H3. The predicted molar refractivity (Wildman–Crippen MR) is 64.6 cm³/mol. The monoisotopic (exact) mass is 248 g/mol. The van der Waals surface area contributed by atoms with Crippen LogP contribution >= 0.6 is 34.5 Å². The van der Waals surface area contributed by atoms with Gasteiger partial charge in [0.15, 0.2) is 0 Å². The molecule has 1 atom stereocenters. The molecule has 0 saturated heterocycles. The summed E-state index contributed by atoms with van der Waals surface area (Å²) in [4.78, 5) is 1.37. The van der Waals surface area contributed by atoms with Crippen LogP contribution in [0.25, 0.3) is 0 Å². The van der Waals surface area contributed by atoms with Crippen LogP contribution in [0.1, 0.15) is 24.6 Å². The molecule has 1 fully saturated rings. The molecule has 0 amide bonds. The van der Waals surface area contributed by atoms with Gasteiger partial charge in [0.05, 0.1) is 4.34 Å². The number of rotatable bonds is 4. The third-order valence-electron chi connectivity index (χ3n) is 3.08. The average Bonchev–Trinajstić information content (AvgIpc) is 2.93. The number of thiophene rings is 1. The van der Waals surface area contributed by atoms with Gasteiger partial charge in [-0.2, -0.15) is 0 Å². The van der Waals surface area contributed by atoms with Crippen LogP contribution in [0, 0.1) is 11.3 Å². The predicted octanol–water partition coefficient (Wildman–Crippen LogP) is 4.60. The highest BCUT2D eigenvalue weighted by atomic mass is 35.5. The molecule has 3 heteroatoms. The van der Waals surface area contributed by atoms with E-state index in [9.17, 15) is 0 Å². The summed E-state index contributed by atoms with van der Waals surface area (Å²) in [6.07, 6.45) is 3.78. The van der Waals surface area contributed by atoms with Gasteiger partial charge in [-0.25, -0.2) is 0 Å². The van der Waals surface area contributed by atoms with Crippen molar-refractivity contribution in [2.24, 2.45) is 11.3 Å². The van der Waals surface area contributed by atoms with Crippen LogP contribution in [0.15, 0.2) is 12.1 Å². The van der Waals surface area contributed by atoms with Gasteiger partial charge in [0.1, 0.15) is 0 Å². The van der Waals surface area contributed by atoms with Crippen molar-refractivity contribution in [1.82, 2.24) is 0 Å². The molecule has 1 unspecified atom stereocenters. The third kappa shape index (κ3) is 2.26. The van der Waals surface area contributed by atoms with Crippen LogP contribution in [0.4, 0.5) is 0 Å². The minimum Gasteiger partial charge on any atom is -0.128 e. The minimum atomic E-state index is 0.287. The highest BCUT2D eigenvalue weighted by Gasteiger charge is 2.40. The van der Waals surface area contributed by atoms with Crippen LogP contribution in [-0.2, 0) is 6.42 Å². The summed E-state index contributed by atoms with van der Waals surface area (Å²) < 4.78 is 0.882. The first-order valence-corrected chi connectivity index (χ1v) is 6.67. The smallest absolute Gasteiger partial charge is 0.0931 e. The Morgan fingerprint density at radius 3 is 2.64 bits per heavy atom. The van der Waals surface area contributed by atoms with Crippen molar-refractivity contribution in [3.63, 3.8) is 0 Å². The Morgan fingerprint density at radius 1 is 1.50 bits per heavy atom. The number of halogens is 2. The molecule has 1 aliphatic carbocycles. The van der Waals surface area contributed by atoms with Gasteiger partial charge >= 0.3 is 0 Å². The van der Waals surface area contributed by atoms with Crippen LogP contribution in [0.5, 0.6) is 0 Å². The Kier molecular flexibility index (Phi) is 3.11. The molecule has 1 aromatic rings. The minimum absolute atomic E-state index is 0.287. The highest BCUT2D eigenvalue weighted by molar-refractivity contribution is 7.16. The normalized spacial score (nSPS) is 20.8. The van der Waals surface area contributed by atoms with E-state index >= 15 is 0 Å². The molecular formula is C11H14Cl2S. The quantitative estimate of drug-likeness (QED) is 0.684. The average molecular weight is 249 g/mol. The molecule has 1 saturated carbocycles.